The van der Waals surface area contributed by atoms with Crippen molar-refractivity contribution in [3.05, 3.63) is 16.1 Å². The van der Waals surface area contributed by atoms with Gasteiger partial charge in [0.15, 0.2) is 5.96 Å². The van der Waals surface area contributed by atoms with Crippen LogP contribution in [-0.2, 0) is 11.3 Å². The summed E-state index contributed by atoms with van der Waals surface area (Å²) < 4.78 is 0. The van der Waals surface area contributed by atoms with Gasteiger partial charge in [0.25, 0.3) is 0 Å². The lowest BCUT2D eigenvalue weighted by Crippen LogP contribution is -2.52. The number of likely N-dealkylation sites (N-methyl/N-ethyl adjacent to an activating group) is 1. The summed E-state index contributed by atoms with van der Waals surface area (Å²) >= 11 is 1.73. The molecule has 0 saturated carbocycles. The molecule has 0 bridgehead atoms. The zero-order valence-electron chi connectivity index (χ0n) is 16.7. The number of nitrogens with zero attached hydrogens (tertiary/aromatic N) is 4. The minimum Gasteiger partial charge on any atom is -0.356 e. The molecule has 1 amide bonds. The van der Waals surface area contributed by atoms with Gasteiger partial charge in [0, 0.05) is 51.6 Å². The highest BCUT2D eigenvalue weighted by Gasteiger charge is 2.24. The minimum absolute atomic E-state index is 0.232. The first-order chi connectivity index (χ1) is 13.0. The van der Waals surface area contributed by atoms with Gasteiger partial charge in [-0.05, 0) is 45.2 Å². The zero-order chi connectivity index (χ0) is 19.2. The number of aromatic nitrogens is 1. The zero-order valence-corrected chi connectivity index (χ0v) is 17.5. The summed E-state index contributed by atoms with van der Waals surface area (Å²) in [5, 5.41) is 10.3. The summed E-state index contributed by atoms with van der Waals surface area (Å²) in [5.74, 6) is 1.76. The van der Waals surface area contributed by atoms with Crippen molar-refractivity contribution in [3.8, 4) is 0 Å². The minimum atomic E-state index is 0.232. The molecule has 1 aromatic rings. The van der Waals surface area contributed by atoms with E-state index in [0.29, 0.717) is 12.3 Å². The van der Waals surface area contributed by atoms with Crippen molar-refractivity contribution in [2.24, 2.45) is 10.9 Å². The normalized spacial score (nSPS) is 22.9. The first-order valence-electron chi connectivity index (χ1n) is 9.88. The van der Waals surface area contributed by atoms with E-state index in [1.165, 1.54) is 18.5 Å². The van der Waals surface area contributed by atoms with E-state index < -0.39 is 0 Å². The third-order valence-electron chi connectivity index (χ3n) is 5.51. The smallest absolute Gasteiger partial charge is 0.222 e. The van der Waals surface area contributed by atoms with Gasteiger partial charge in [-0.15, -0.1) is 11.3 Å². The Bertz CT molecular complexity index is 652. The van der Waals surface area contributed by atoms with Crippen LogP contribution in [0.3, 0.4) is 0 Å². The number of piperidine rings is 2. The third kappa shape index (κ3) is 5.90. The number of guanidine groups is 1. The van der Waals surface area contributed by atoms with Crippen LogP contribution in [0.4, 0.5) is 0 Å². The molecule has 8 heteroatoms. The fourth-order valence-electron chi connectivity index (χ4n) is 3.82. The fourth-order valence-corrected chi connectivity index (χ4v) is 4.42. The Labute approximate surface area is 166 Å². The maximum absolute atomic E-state index is 11.6. The highest BCUT2D eigenvalue weighted by molar-refractivity contribution is 7.09. The standard InChI is InChI=1S/C19H32N6OS/c1-14-22-17(13-27-14)12-25-8-6-15(7-9-25)10-21-19(20-2)23-16-4-5-18(26)24(3)11-16/h13,15-16H,4-12H2,1-3H3,(H2,20,21,23). The summed E-state index contributed by atoms with van der Waals surface area (Å²) in [7, 11) is 3.68. The molecular formula is C19H32N6OS. The lowest BCUT2D eigenvalue weighted by molar-refractivity contribution is -0.132. The van der Waals surface area contributed by atoms with E-state index in [1.807, 2.05) is 14.1 Å². The van der Waals surface area contributed by atoms with Gasteiger partial charge in [-0.3, -0.25) is 14.7 Å². The molecule has 7 nitrogen and oxygen atoms in total. The lowest BCUT2D eigenvalue weighted by Gasteiger charge is -2.33. The van der Waals surface area contributed by atoms with Crippen LogP contribution in [0.1, 0.15) is 36.4 Å². The first kappa shape index (κ1) is 20.1. The van der Waals surface area contributed by atoms with Gasteiger partial charge in [0.1, 0.15) is 0 Å². The van der Waals surface area contributed by atoms with Crippen LogP contribution < -0.4 is 10.6 Å². The first-order valence-corrected chi connectivity index (χ1v) is 10.8. The number of carbonyl (C=O) groups excluding carboxylic acids is 1. The summed E-state index contributed by atoms with van der Waals surface area (Å²) in [6.07, 6.45) is 3.89. The topological polar surface area (TPSA) is 72.9 Å². The molecule has 0 spiro atoms. The van der Waals surface area contributed by atoms with Crippen molar-refractivity contribution in [2.45, 2.75) is 45.2 Å². The van der Waals surface area contributed by atoms with E-state index >= 15 is 0 Å². The Morgan fingerprint density at radius 1 is 1.37 bits per heavy atom. The van der Waals surface area contributed by atoms with Crippen LogP contribution in [0.25, 0.3) is 0 Å². The summed E-state index contributed by atoms with van der Waals surface area (Å²) in [6, 6.07) is 0.280. The molecule has 27 heavy (non-hydrogen) atoms. The second-order valence-electron chi connectivity index (χ2n) is 7.68. The summed E-state index contributed by atoms with van der Waals surface area (Å²) in [6.45, 7) is 6.99. The number of amides is 1. The van der Waals surface area contributed by atoms with Gasteiger partial charge in [0.2, 0.25) is 5.91 Å². The van der Waals surface area contributed by atoms with Crippen LogP contribution in [0.2, 0.25) is 0 Å². The number of rotatable bonds is 5. The van der Waals surface area contributed by atoms with E-state index in [1.54, 1.807) is 16.2 Å². The Hall–Kier alpha value is -1.67. The largest absolute Gasteiger partial charge is 0.356 e. The second-order valence-corrected chi connectivity index (χ2v) is 8.75. The number of carbonyl (C=O) groups is 1. The highest BCUT2D eigenvalue weighted by Crippen LogP contribution is 2.19. The predicted molar refractivity (Wildman–Crippen MR) is 110 cm³/mol. The second kappa shape index (κ2) is 9.50. The SMILES string of the molecule is CN=C(NCC1CCN(Cc2csc(C)n2)CC1)NC1CCC(=O)N(C)C1. The maximum atomic E-state index is 11.6. The molecule has 0 aromatic carbocycles. The average molecular weight is 393 g/mol. The molecule has 1 aromatic heterocycles. The molecule has 0 radical (unpaired) electrons. The molecular weight excluding hydrogens is 360 g/mol. The number of hydrogen-bond acceptors (Lipinski definition) is 5. The molecule has 2 aliphatic rings. The van der Waals surface area contributed by atoms with Crippen LogP contribution in [0.5, 0.6) is 0 Å². The van der Waals surface area contributed by atoms with Crippen molar-refractivity contribution in [2.75, 3.05) is 40.3 Å². The van der Waals surface area contributed by atoms with Crippen LogP contribution >= 0.6 is 11.3 Å². The Kier molecular flexibility index (Phi) is 7.07. The fraction of sp³-hybridized carbons (Fsp3) is 0.737. The molecule has 0 aliphatic carbocycles. The number of aliphatic imine (C=N–C) groups is 1. The molecule has 2 N–H and O–H groups in total. The molecule has 3 heterocycles. The highest BCUT2D eigenvalue weighted by atomic mass is 32.1. The van der Waals surface area contributed by atoms with Crippen LogP contribution in [0.15, 0.2) is 10.4 Å². The van der Waals surface area contributed by atoms with Gasteiger partial charge in [0.05, 0.1) is 10.7 Å². The van der Waals surface area contributed by atoms with Gasteiger partial charge >= 0.3 is 0 Å². The number of hydrogen-bond donors (Lipinski definition) is 2. The summed E-state index contributed by atoms with van der Waals surface area (Å²) in [4.78, 5) is 24.9. The van der Waals surface area contributed by atoms with E-state index in [0.717, 1.165) is 50.1 Å². The number of thiazole rings is 1. The Morgan fingerprint density at radius 3 is 2.78 bits per heavy atom. The molecule has 2 saturated heterocycles. The van der Waals surface area contributed by atoms with Crippen molar-refractivity contribution in [3.63, 3.8) is 0 Å². The monoisotopic (exact) mass is 392 g/mol. The molecule has 2 fully saturated rings. The Balaban J connectivity index is 1.36. The molecule has 2 aliphatic heterocycles. The predicted octanol–water partition coefficient (Wildman–Crippen LogP) is 1.45. The maximum Gasteiger partial charge on any atom is 0.222 e. The molecule has 150 valence electrons. The van der Waals surface area contributed by atoms with Crippen LogP contribution in [-0.4, -0.2) is 73.0 Å². The van der Waals surface area contributed by atoms with Gasteiger partial charge in [-0.1, -0.05) is 0 Å². The van der Waals surface area contributed by atoms with Crippen LogP contribution in [0, 0.1) is 12.8 Å². The van der Waals surface area contributed by atoms with Crippen molar-refractivity contribution in [1.29, 1.82) is 0 Å². The average Bonchev–Trinajstić information content (AvgIpc) is 3.07. The van der Waals surface area contributed by atoms with E-state index in [9.17, 15) is 4.79 Å². The van der Waals surface area contributed by atoms with Gasteiger partial charge in [-0.2, -0.15) is 0 Å². The van der Waals surface area contributed by atoms with E-state index in [2.05, 4.69) is 37.8 Å². The van der Waals surface area contributed by atoms with Crippen molar-refractivity contribution >= 4 is 23.2 Å². The summed E-state index contributed by atoms with van der Waals surface area (Å²) in [5.41, 5.74) is 1.20. The van der Waals surface area contributed by atoms with Gasteiger partial charge in [-0.25, -0.2) is 4.98 Å². The van der Waals surface area contributed by atoms with Gasteiger partial charge < -0.3 is 15.5 Å². The Morgan fingerprint density at radius 2 is 2.15 bits per heavy atom. The third-order valence-corrected chi connectivity index (χ3v) is 6.33. The van der Waals surface area contributed by atoms with Crippen molar-refractivity contribution in [1.82, 2.24) is 25.4 Å². The van der Waals surface area contributed by atoms with Crippen molar-refractivity contribution < 1.29 is 4.79 Å². The number of likely N-dealkylation sites (tertiary alicyclic amines) is 2. The molecule has 3 rings (SSSR count). The van der Waals surface area contributed by atoms with E-state index in [-0.39, 0.29) is 11.9 Å². The molecule has 1 atom stereocenters. The lowest BCUT2D eigenvalue weighted by atomic mass is 9.97. The number of nitrogens with one attached hydrogen (secondary N) is 2. The molecule has 1 unspecified atom stereocenters. The number of aryl methyl sites for hydroxylation is 1. The van der Waals surface area contributed by atoms with E-state index in [4.69, 9.17) is 0 Å². The quantitative estimate of drug-likeness (QED) is 0.586.